The second-order valence-electron chi connectivity index (χ2n) is 8.34. The molecule has 4 rings (SSSR count). The summed E-state index contributed by atoms with van der Waals surface area (Å²) in [6.07, 6.45) is 0.684. The van der Waals surface area contributed by atoms with E-state index in [-0.39, 0.29) is 24.6 Å². The Morgan fingerprint density at radius 3 is 2.57 bits per heavy atom. The van der Waals surface area contributed by atoms with Crippen LogP contribution in [-0.2, 0) is 26.0 Å². The Kier molecular flexibility index (Phi) is 7.25. The molecular formula is C25H28N2O7S. The van der Waals surface area contributed by atoms with Crippen molar-refractivity contribution in [2.75, 3.05) is 38.2 Å². The van der Waals surface area contributed by atoms with Crippen molar-refractivity contribution in [2.24, 2.45) is 0 Å². The number of sulfonamides is 1. The maximum atomic E-state index is 13.0. The molecule has 1 aliphatic heterocycles. The Labute approximate surface area is 203 Å². The van der Waals surface area contributed by atoms with E-state index in [9.17, 15) is 18.0 Å². The molecule has 35 heavy (non-hydrogen) atoms. The lowest BCUT2D eigenvalue weighted by Gasteiger charge is -2.26. The number of aryl methyl sites for hydroxylation is 3. The first kappa shape index (κ1) is 24.9. The number of carbonyl (C=O) groups is 1. The molecule has 9 nitrogen and oxygen atoms in total. The standard InChI is InChI=1S/C25H28N2O7S/c1-4-18-13-24(29)34-25-17(3)22(8-7-20(18)25)33-15-23(28)26-21-14-19(6-5-16(21)2)35(30,31)27-9-11-32-12-10-27/h5-8,13-14H,4,9-12,15H2,1-3H3,(H,26,28). The van der Waals surface area contributed by atoms with Crippen LogP contribution in [0.4, 0.5) is 5.69 Å². The van der Waals surface area contributed by atoms with Gasteiger partial charge < -0.3 is 19.2 Å². The predicted molar refractivity (Wildman–Crippen MR) is 131 cm³/mol. The molecule has 0 spiro atoms. The molecule has 1 aliphatic rings. The van der Waals surface area contributed by atoms with Crippen LogP contribution in [0, 0.1) is 13.8 Å². The summed E-state index contributed by atoms with van der Waals surface area (Å²) in [4.78, 5) is 24.7. The molecule has 0 unspecified atom stereocenters. The summed E-state index contributed by atoms with van der Waals surface area (Å²) >= 11 is 0. The van der Waals surface area contributed by atoms with Gasteiger partial charge in [-0.2, -0.15) is 4.31 Å². The van der Waals surface area contributed by atoms with Gasteiger partial charge in [0, 0.05) is 35.8 Å². The molecule has 1 N–H and O–H groups in total. The van der Waals surface area contributed by atoms with Crippen molar-refractivity contribution in [3.05, 3.63) is 63.5 Å². The first-order valence-electron chi connectivity index (χ1n) is 11.4. The number of hydrogen-bond donors (Lipinski definition) is 1. The summed E-state index contributed by atoms with van der Waals surface area (Å²) in [6.45, 7) is 6.48. The van der Waals surface area contributed by atoms with E-state index in [2.05, 4.69) is 5.32 Å². The van der Waals surface area contributed by atoms with Crippen LogP contribution in [0.1, 0.15) is 23.6 Å². The molecule has 10 heteroatoms. The van der Waals surface area contributed by atoms with E-state index in [0.717, 1.165) is 16.5 Å². The molecule has 1 aromatic heterocycles. The fourth-order valence-corrected chi connectivity index (χ4v) is 5.45. The van der Waals surface area contributed by atoms with Crippen LogP contribution in [0.5, 0.6) is 5.75 Å². The van der Waals surface area contributed by atoms with Gasteiger partial charge in [0.2, 0.25) is 10.0 Å². The number of carbonyl (C=O) groups excluding carboxylic acids is 1. The van der Waals surface area contributed by atoms with Crippen LogP contribution in [0.25, 0.3) is 11.0 Å². The third-order valence-corrected chi connectivity index (χ3v) is 7.92. The predicted octanol–water partition coefficient (Wildman–Crippen LogP) is 3.01. The third kappa shape index (κ3) is 5.24. The molecule has 0 radical (unpaired) electrons. The van der Waals surface area contributed by atoms with Crippen LogP contribution in [0.2, 0.25) is 0 Å². The molecular weight excluding hydrogens is 472 g/mol. The van der Waals surface area contributed by atoms with E-state index in [0.29, 0.717) is 42.2 Å². The monoisotopic (exact) mass is 500 g/mol. The summed E-state index contributed by atoms with van der Waals surface area (Å²) in [6, 6.07) is 9.67. The Bertz CT molecular complexity index is 1420. The van der Waals surface area contributed by atoms with Crippen LogP contribution < -0.4 is 15.7 Å². The molecule has 0 bridgehead atoms. The minimum atomic E-state index is -3.69. The number of nitrogens with zero attached hydrogens (tertiary/aromatic N) is 1. The Morgan fingerprint density at radius 2 is 1.86 bits per heavy atom. The second-order valence-corrected chi connectivity index (χ2v) is 10.3. The van der Waals surface area contributed by atoms with Crippen LogP contribution in [0.15, 0.2) is 50.5 Å². The van der Waals surface area contributed by atoms with Crippen molar-refractivity contribution in [1.29, 1.82) is 0 Å². The highest BCUT2D eigenvalue weighted by Crippen LogP contribution is 2.29. The minimum Gasteiger partial charge on any atom is -0.483 e. The van der Waals surface area contributed by atoms with Gasteiger partial charge in [0.1, 0.15) is 11.3 Å². The Morgan fingerprint density at radius 1 is 1.11 bits per heavy atom. The molecule has 3 aromatic rings. The highest BCUT2D eigenvalue weighted by atomic mass is 32.2. The van der Waals surface area contributed by atoms with E-state index in [1.54, 1.807) is 26.0 Å². The van der Waals surface area contributed by atoms with Gasteiger partial charge in [-0.25, -0.2) is 13.2 Å². The molecule has 1 saturated heterocycles. The van der Waals surface area contributed by atoms with Crippen molar-refractivity contribution >= 4 is 32.6 Å². The smallest absolute Gasteiger partial charge is 0.336 e. The number of anilines is 1. The number of nitrogens with one attached hydrogen (secondary N) is 1. The van der Waals surface area contributed by atoms with Gasteiger partial charge >= 0.3 is 5.63 Å². The molecule has 2 heterocycles. The Balaban J connectivity index is 1.49. The quantitative estimate of drug-likeness (QED) is 0.496. The van der Waals surface area contributed by atoms with Crippen molar-refractivity contribution in [1.82, 2.24) is 4.31 Å². The summed E-state index contributed by atoms with van der Waals surface area (Å²) in [5.74, 6) is -0.0262. The molecule has 1 amide bonds. The van der Waals surface area contributed by atoms with E-state index >= 15 is 0 Å². The molecule has 0 saturated carbocycles. The lowest BCUT2D eigenvalue weighted by molar-refractivity contribution is -0.118. The van der Waals surface area contributed by atoms with Crippen molar-refractivity contribution in [3.8, 4) is 5.75 Å². The zero-order valence-corrected chi connectivity index (χ0v) is 20.7. The number of ether oxygens (including phenoxy) is 2. The average molecular weight is 501 g/mol. The topological polar surface area (TPSA) is 115 Å². The second kappa shape index (κ2) is 10.2. The maximum absolute atomic E-state index is 13.0. The summed E-state index contributed by atoms with van der Waals surface area (Å²) in [7, 11) is -3.69. The number of benzene rings is 2. The highest BCUT2D eigenvalue weighted by Gasteiger charge is 2.27. The number of hydrogen-bond acceptors (Lipinski definition) is 7. The molecule has 186 valence electrons. The fourth-order valence-electron chi connectivity index (χ4n) is 4.02. The van der Waals surface area contributed by atoms with E-state index in [1.807, 2.05) is 13.0 Å². The van der Waals surface area contributed by atoms with E-state index in [1.165, 1.54) is 22.5 Å². The van der Waals surface area contributed by atoms with Crippen LogP contribution in [0.3, 0.4) is 0 Å². The first-order valence-corrected chi connectivity index (χ1v) is 12.8. The number of rotatable bonds is 7. The number of morpholine rings is 1. The van der Waals surface area contributed by atoms with Crippen molar-refractivity contribution in [2.45, 2.75) is 32.1 Å². The third-order valence-electron chi connectivity index (χ3n) is 6.03. The van der Waals surface area contributed by atoms with Gasteiger partial charge in [0.25, 0.3) is 5.91 Å². The van der Waals surface area contributed by atoms with Gasteiger partial charge in [-0.05, 0) is 55.7 Å². The maximum Gasteiger partial charge on any atom is 0.336 e. The SMILES string of the molecule is CCc1cc(=O)oc2c(C)c(OCC(=O)Nc3cc(S(=O)(=O)N4CCOCC4)ccc3C)ccc12. The molecule has 2 aromatic carbocycles. The van der Waals surface area contributed by atoms with E-state index in [4.69, 9.17) is 13.9 Å². The van der Waals surface area contributed by atoms with Gasteiger partial charge in [0.15, 0.2) is 6.61 Å². The number of fused-ring (bicyclic) bond motifs is 1. The van der Waals surface area contributed by atoms with Gasteiger partial charge in [-0.1, -0.05) is 13.0 Å². The molecule has 0 atom stereocenters. The number of amides is 1. The van der Waals surface area contributed by atoms with Gasteiger partial charge in [0.05, 0.1) is 18.1 Å². The summed E-state index contributed by atoms with van der Waals surface area (Å²) in [5.41, 5.74) is 2.61. The van der Waals surface area contributed by atoms with Crippen molar-refractivity contribution in [3.63, 3.8) is 0 Å². The molecule has 0 aliphatic carbocycles. The largest absolute Gasteiger partial charge is 0.483 e. The minimum absolute atomic E-state index is 0.105. The van der Waals surface area contributed by atoms with Crippen molar-refractivity contribution < 1.29 is 27.1 Å². The fraction of sp³-hybridized carbons (Fsp3) is 0.360. The van der Waals surface area contributed by atoms with Gasteiger partial charge in [-0.15, -0.1) is 0 Å². The Hall–Kier alpha value is -3.21. The zero-order valence-electron chi connectivity index (χ0n) is 19.9. The zero-order chi connectivity index (χ0) is 25.2. The summed E-state index contributed by atoms with van der Waals surface area (Å²) < 4.78 is 43.6. The van der Waals surface area contributed by atoms with Gasteiger partial charge in [-0.3, -0.25) is 4.79 Å². The average Bonchev–Trinajstić information content (AvgIpc) is 2.85. The van der Waals surface area contributed by atoms with E-state index < -0.39 is 21.6 Å². The van der Waals surface area contributed by atoms with Crippen LogP contribution >= 0.6 is 0 Å². The lowest BCUT2D eigenvalue weighted by atomic mass is 10.0. The highest BCUT2D eigenvalue weighted by molar-refractivity contribution is 7.89. The normalized spacial score (nSPS) is 14.7. The lowest BCUT2D eigenvalue weighted by Crippen LogP contribution is -2.40. The first-order chi connectivity index (χ1) is 16.7. The van der Waals surface area contributed by atoms with Crippen LogP contribution in [-0.4, -0.2) is 51.5 Å². The summed E-state index contributed by atoms with van der Waals surface area (Å²) in [5, 5.41) is 3.56. The molecule has 1 fully saturated rings.